The third-order valence-electron chi connectivity index (χ3n) is 13.3. The van der Waals surface area contributed by atoms with Gasteiger partial charge in [-0.15, -0.1) is 11.8 Å². The lowest BCUT2D eigenvalue weighted by Gasteiger charge is -2.61. The molecule has 2 aliphatic heterocycles. The number of rotatable bonds is 8. The van der Waals surface area contributed by atoms with E-state index < -0.39 is 11.9 Å². The smallest absolute Gasteiger partial charge is 0.268 e. The second-order valence-electron chi connectivity index (χ2n) is 15.3. The molecule has 11 heteroatoms. The van der Waals surface area contributed by atoms with Crippen LogP contribution in [0.5, 0.6) is 0 Å². The van der Waals surface area contributed by atoms with Gasteiger partial charge in [0.15, 0.2) is 0 Å². The third-order valence-corrected chi connectivity index (χ3v) is 14.7. The summed E-state index contributed by atoms with van der Waals surface area (Å²) in [6, 6.07) is -0.628. The van der Waals surface area contributed by atoms with Gasteiger partial charge in [-0.3, -0.25) is 19.3 Å². The summed E-state index contributed by atoms with van der Waals surface area (Å²) in [5.74, 6) is 3.89. The van der Waals surface area contributed by atoms with Crippen molar-refractivity contribution in [1.29, 1.82) is 0 Å². The fourth-order valence-corrected chi connectivity index (χ4v) is 12.3. The van der Waals surface area contributed by atoms with E-state index in [2.05, 4.69) is 41.4 Å². The molecule has 0 radical (unpaired) electrons. The molecule has 5 fully saturated rings. The zero-order chi connectivity index (χ0) is 31.4. The molecular weight excluding hydrogens is 576 g/mol. The minimum absolute atomic E-state index is 0.0924. The lowest BCUT2D eigenvalue weighted by molar-refractivity contribution is -0.147. The van der Waals surface area contributed by atoms with Crippen molar-refractivity contribution in [3.8, 4) is 0 Å². The highest BCUT2D eigenvalue weighted by Gasteiger charge is 2.60. The largest absolute Gasteiger partial charge is 0.393 e. The molecule has 0 aromatic heterocycles. The summed E-state index contributed by atoms with van der Waals surface area (Å²) in [5, 5.41) is 18.9. The highest BCUT2D eigenvalue weighted by atomic mass is 32.2. The summed E-state index contributed by atoms with van der Waals surface area (Å²) in [6.45, 7) is 9.07. The molecule has 0 aromatic rings. The number of aliphatic hydroxyl groups excluding tert-OH is 1. The van der Waals surface area contributed by atoms with Crippen molar-refractivity contribution in [3.63, 3.8) is 0 Å². The van der Waals surface area contributed by atoms with Crippen LogP contribution in [-0.2, 0) is 14.4 Å². The normalized spacial score (nSPS) is 41.7. The van der Waals surface area contributed by atoms with E-state index in [1.165, 1.54) is 49.8 Å². The predicted molar refractivity (Wildman–Crippen MR) is 170 cm³/mol. The molecule has 6 aliphatic rings. The zero-order valence-electron chi connectivity index (χ0n) is 26.8. The molecule has 6 rings (SSSR count). The molecule has 44 heavy (non-hydrogen) atoms. The van der Waals surface area contributed by atoms with E-state index in [-0.39, 0.29) is 30.0 Å². The Balaban J connectivity index is 1.02. The first-order chi connectivity index (χ1) is 21.0. The molecular formula is C33H50N6O4S. The fourth-order valence-electron chi connectivity index (χ4n) is 11.0. The minimum Gasteiger partial charge on any atom is -0.393 e. The monoisotopic (exact) mass is 626 g/mol. The van der Waals surface area contributed by atoms with Gasteiger partial charge in [0.25, 0.3) is 11.8 Å². The number of carbonyl (C=O) groups is 3. The summed E-state index contributed by atoms with van der Waals surface area (Å²) in [6.07, 6.45) is 12.0. The van der Waals surface area contributed by atoms with Gasteiger partial charge >= 0.3 is 0 Å². The van der Waals surface area contributed by atoms with Gasteiger partial charge in [-0.05, 0) is 129 Å². The Bertz CT molecular complexity index is 1270. The summed E-state index contributed by atoms with van der Waals surface area (Å²) in [7, 11) is 0. The van der Waals surface area contributed by atoms with E-state index in [0.29, 0.717) is 46.5 Å². The van der Waals surface area contributed by atoms with E-state index in [1.54, 1.807) is 11.8 Å². The molecule has 0 aromatic carbocycles. The summed E-state index contributed by atoms with van der Waals surface area (Å²) < 4.78 is 0. The van der Waals surface area contributed by atoms with Gasteiger partial charge in [0.2, 0.25) is 5.91 Å². The Labute approximate surface area is 265 Å². The van der Waals surface area contributed by atoms with Crippen LogP contribution in [0.15, 0.2) is 16.4 Å². The van der Waals surface area contributed by atoms with Gasteiger partial charge in [-0.2, -0.15) is 0 Å². The topological polar surface area (TPSA) is 147 Å². The van der Waals surface area contributed by atoms with Crippen molar-refractivity contribution in [2.75, 3.05) is 12.4 Å². The van der Waals surface area contributed by atoms with Crippen LogP contribution < -0.4 is 10.6 Å². The third kappa shape index (κ3) is 5.24. The molecule has 1 saturated heterocycles. The van der Waals surface area contributed by atoms with Crippen molar-refractivity contribution < 1.29 is 19.5 Å². The maximum Gasteiger partial charge on any atom is 0.268 e. The molecule has 3 amide bonds. The van der Waals surface area contributed by atoms with Gasteiger partial charge in [0.1, 0.15) is 17.1 Å². The minimum atomic E-state index is -0.628. The van der Waals surface area contributed by atoms with Crippen LogP contribution in [-0.4, -0.2) is 57.7 Å². The first-order valence-corrected chi connectivity index (χ1v) is 18.0. The van der Waals surface area contributed by atoms with E-state index in [0.717, 1.165) is 42.6 Å². The van der Waals surface area contributed by atoms with Crippen molar-refractivity contribution in [2.24, 2.45) is 51.5 Å². The molecule has 11 unspecified atom stereocenters. The number of aliphatic hydroxyl groups is 1. The van der Waals surface area contributed by atoms with Crippen LogP contribution in [0.1, 0.15) is 98.3 Å². The van der Waals surface area contributed by atoms with Crippen molar-refractivity contribution in [3.05, 3.63) is 21.7 Å². The average Bonchev–Trinajstić information content (AvgIpc) is 3.36. The molecule has 11 atom stereocenters. The molecule has 10 nitrogen and oxygen atoms in total. The second-order valence-corrected chi connectivity index (χ2v) is 16.4. The molecule has 3 N–H and O–H groups in total. The van der Waals surface area contributed by atoms with Gasteiger partial charge < -0.3 is 15.7 Å². The molecule has 242 valence electrons. The number of carbonyl (C=O) groups excluding carboxylic acids is 3. The number of hydrogen-bond donors (Lipinski definition) is 3. The van der Waals surface area contributed by atoms with Crippen LogP contribution in [0, 0.1) is 46.3 Å². The second kappa shape index (κ2) is 12.2. The summed E-state index contributed by atoms with van der Waals surface area (Å²) in [5.41, 5.74) is 10.3. The Morgan fingerprint density at radius 3 is 2.66 bits per heavy atom. The van der Waals surface area contributed by atoms with E-state index in [1.807, 2.05) is 6.92 Å². The predicted octanol–water partition coefficient (Wildman–Crippen LogP) is 5.48. The first-order valence-electron chi connectivity index (χ1n) is 16.9. The van der Waals surface area contributed by atoms with Crippen molar-refractivity contribution >= 4 is 29.5 Å². The van der Waals surface area contributed by atoms with Gasteiger partial charge in [0.05, 0.1) is 12.8 Å². The fraction of sp³-hybridized carbons (Fsp3) is 0.848. The molecule has 4 aliphatic carbocycles. The standard InChI is InChI=1S/C33H50N6O4S/c1-18(5-10-26(41)37-27-30(43)39-28(19(2)16-44-31(27)39)29(42)35-17-36-38-34)23-8-9-24-22-7-6-20-15-21(40)11-13-32(20,3)25(22)12-14-33(23,24)4/h18,20-25,27,31,40H,5-17H2,1-4H3,(H,35,42)(H,37,41). The molecule has 4 saturated carbocycles. The highest BCUT2D eigenvalue weighted by molar-refractivity contribution is 8.00. The van der Waals surface area contributed by atoms with Gasteiger partial charge in [0, 0.05) is 17.1 Å². The maximum absolute atomic E-state index is 13.1. The van der Waals surface area contributed by atoms with Crippen LogP contribution in [0.4, 0.5) is 0 Å². The van der Waals surface area contributed by atoms with Gasteiger partial charge in [-0.1, -0.05) is 25.9 Å². The van der Waals surface area contributed by atoms with E-state index in [4.69, 9.17) is 5.53 Å². The Hall–Kier alpha value is -2.23. The lowest BCUT2D eigenvalue weighted by Crippen LogP contribution is -2.70. The number of nitrogens with zero attached hydrogens (tertiary/aromatic N) is 4. The van der Waals surface area contributed by atoms with Crippen LogP contribution in [0.3, 0.4) is 0 Å². The zero-order valence-corrected chi connectivity index (χ0v) is 27.6. The maximum atomic E-state index is 13.1. The quantitative estimate of drug-likeness (QED) is 0.141. The van der Waals surface area contributed by atoms with E-state index in [9.17, 15) is 19.5 Å². The number of azide groups is 1. The number of fused-ring (bicyclic) bond motifs is 6. The molecule has 0 bridgehead atoms. The summed E-state index contributed by atoms with van der Waals surface area (Å²) >= 11 is 1.55. The van der Waals surface area contributed by atoms with Crippen molar-refractivity contribution in [1.82, 2.24) is 15.5 Å². The highest BCUT2D eigenvalue weighted by Crippen LogP contribution is 2.68. The first kappa shape index (κ1) is 31.7. The molecule has 0 spiro atoms. The Kier molecular flexibility index (Phi) is 8.78. The summed E-state index contributed by atoms with van der Waals surface area (Å²) in [4.78, 5) is 43.0. The van der Waals surface area contributed by atoms with Crippen molar-refractivity contribution in [2.45, 2.75) is 116 Å². The Morgan fingerprint density at radius 1 is 1.14 bits per heavy atom. The average molecular weight is 627 g/mol. The number of β-lactam (4-membered cyclic amide) rings is 1. The number of amides is 3. The van der Waals surface area contributed by atoms with Crippen LogP contribution in [0.2, 0.25) is 0 Å². The number of hydrogen-bond acceptors (Lipinski definition) is 6. The lowest BCUT2D eigenvalue weighted by atomic mass is 9.44. The number of nitrogens with one attached hydrogen (secondary N) is 2. The number of thioether (sulfide) groups is 1. The van der Waals surface area contributed by atoms with Crippen LogP contribution >= 0.6 is 11.8 Å². The van der Waals surface area contributed by atoms with E-state index >= 15 is 0 Å². The van der Waals surface area contributed by atoms with Crippen LogP contribution in [0.25, 0.3) is 10.4 Å². The van der Waals surface area contributed by atoms with Gasteiger partial charge in [-0.25, -0.2) is 0 Å². The molecule has 2 heterocycles. The SMILES string of the molecule is CC1=C(C(=O)NCN=[N+]=[N-])N2C(=O)C(NC(=O)CCC(C)C3CCC4C5CCC6CC(O)CCC6(C)C5CCC34C)C2SC1. The Morgan fingerprint density at radius 2 is 1.89 bits per heavy atom.